The molecule has 116 valence electrons. The van der Waals surface area contributed by atoms with E-state index in [2.05, 4.69) is 6.92 Å². The minimum absolute atomic E-state index is 0. The standard InChI is InChI=1S/C14H29NO3.ClH/c1-3-4-5-6-7-8-9-10-11-18-14(17)13(15)12(2)16;/h12-13,16H,3-11,15H2,1-2H3;1H/t12-,13+;/m1./s1. The number of rotatable bonds is 11. The van der Waals surface area contributed by atoms with Crippen LogP contribution in [0.15, 0.2) is 0 Å². The molecule has 0 rings (SSSR count). The highest BCUT2D eigenvalue weighted by molar-refractivity contribution is 5.85. The first kappa shape index (κ1) is 21.0. The Kier molecular flexibility index (Phi) is 15.6. The lowest BCUT2D eigenvalue weighted by molar-refractivity contribution is -0.147. The average molecular weight is 296 g/mol. The second-order valence-electron chi connectivity index (χ2n) is 4.91. The highest BCUT2D eigenvalue weighted by Gasteiger charge is 2.19. The summed E-state index contributed by atoms with van der Waals surface area (Å²) < 4.78 is 4.99. The fourth-order valence-corrected chi connectivity index (χ4v) is 1.70. The van der Waals surface area contributed by atoms with E-state index in [4.69, 9.17) is 15.6 Å². The van der Waals surface area contributed by atoms with E-state index in [9.17, 15) is 4.79 Å². The molecule has 2 atom stereocenters. The molecule has 0 aliphatic heterocycles. The third-order valence-corrected chi connectivity index (χ3v) is 3.03. The van der Waals surface area contributed by atoms with Crippen LogP contribution in [-0.4, -0.2) is 29.8 Å². The Balaban J connectivity index is 0. The van der Waals surface area contributed by atoms with E-state index in [0.717, 1.165) is 12.8 Å². The third kappa shape index (κ3) is 12.5. The SMILES string of the molecule is CCCCCCCCCCOC(=O)[C@@H](N)[C@@H](C)O.Cl. The smallest absolute Gasteiger partial charge is 0.325 e. The molecular weight excluding hydrogens is 266 g/mol. The molecule has 0 aliphatic carbocycles. The van der Waals surface area contributed by atoms with Gasteiger partial charge in [-0.1, -0.05) is 51.9 Å². The highest BCUT2D eigenvalue weighted by atomic mass is 35.5. The molecule has 0 amide bonds. The summed E-state index contributed by atoms with van der Waals surface area (Å²) in [4.78, 5) is 11.3. The highest BCUT2D eigenvalue weighted by Crippen LogP contribution is 2.08. The van der Waals surface area contributed by atoms with E-state index in [1.54, 1.807) is 0 Å². The lowest BCUT2D eigenvalue weighted by Crippen LogP contribution is -2.41. The molecule has 0 aromatic rings. The predicted molar refractivity (Wildman–Crippen MR) is 80.5 cm³/mol. The second-order valence-corrected chi connectivity index (χ2v) is 4.91. The van der Waals surface area contributed by atoms with E-state index in [1.165, 1.54) is 45.4 Å². The number of carbonyl (C=O) groups excluding carboxylic acids is 1. The molecule has 0 bridgehead atoms. The summed E-state index contributed by atoms with van der Waals surface area (Å²) in [5.74, 6) is -0.507. The van der Waals surface area contributed by atoms with Crippen LogP contribution in [0.1, 0.15) is 65.2 Å². The van der Waals surface area contributed by atoms with E-state index in [1.807, 2.05) is 0 Å². The number of ether oxygens (including phenoxy) is 1. The van der Waals surface area contributed by atoms with Crippen molar-refractivity contribution in [3.05, 3.63) is 0 Å². The summed E-state index contributed by atoms with van der Waals surface area (Å²) in [7, 11) is 0. The third-order valence-electron chi connectivity index (χ3n) is 3.03. The fourth-order valence-electron chi connectivity index (χ4n) is 1.70. The quantitative estimate of drug-likeness (QED) is 0.454. The Morgan fingerprint density at radius 1 is 1.11 bits per heavy atom. The summed E-state index contributed by atoms with van der Waals surface area (Å²) in [6, 6.07) is -0.918. The topological polar surface area (TPSA) is 72.5 Å². The van der Waals surface area contributed by atoms with Crippen molar-refractivity contribution in [2.75, 3.05) is 6.61 Å². The van der Waals surface area contributed by atoms with E-state index in [-0.39, 0.29) is 12.4 Å². The van der Waals surface area contributed by atoms with Crippen molar-refractivity contribution in [1.29, 1.82) is 0 Å². The zero-order valence-corrected chi connectivity index (χ0v) is 13.1. The van der Waals surface area contributed by atoms with Crippen LogP contribution in [0.3, 0.4) is 0 Å². The van der Waals surface area contributed by atoms with Gasteiger partial charge in [-0.3, -0.25) is 4.79 Å². The van der Waals surface area contributed by atoms with E-state index in [0.29, 0.717) is 6.61 Å². The minimum atomic E-state index is -0.918. The first-order valence-electron chi connectivity index (χ1n) is 7.19. The van der Waals surface area contributed by atoms with Crippen molar-refractivity contribution in [3.8, 4) is 0 Å². The maximum Gasteiger partial charge on any atom is 0.325 e. The number of esters is 1. The molecule has 0 fully saturated rings. The normalized spacial score (nSPS) is 13.5. The number of hydrogen-bond acceptors (Lipinski definition) is 4. The second kappa shape index (κ2) is 14.1. The molecular formula is C14H30ClNO3. The van der Waals surface area contributed by atoms with Gasteiger partial charge in [-0.2, -0.15) is 0 Å². The predicted octanol–water partition coefficient (Wildman–Crippen LogP) is 2.80. The number of nitrogens with two attached hydrogens (primary N) is 1. The summed E-state index contributed by atoms with van der Waals surface area (Å²) in [5.41, 5.74) is 5.44. The van der Waals surface area contributed by atoms with Gasteiger partial charge in [0.15, 0.2) is 0 Å². The summed E-state index contributed by atoms with van der Waals surface area (Å²) in [6.07, 6.45) is 8.82. The number of carbonyl (C=O) groups is 1. The summed E-state index contributed by atoms with van der Waals surface area (Å²) in [5, 5.41) is 9.11. The van der Waals surface area contributed by atoms with Gasteiger partial charge in [0.1, 0.15) is 6.04 Å². The van der Waals surface area contributed by atoms with Gasteiger partial charge < -0.3 is 15.6 Å². The Morgan fingerprint density at radius 3 is 2.05 bits per heavy atom. The van der Waals surface area contributed by atoms with Crippen molar-refractivity contribution in [3.63, 3.8) is 0 Å². The molecule has 0 spiro atoms. The van der Waals surface area contributed by atoms with Crippen molar-refractivity contribution in [2.45, 2.75) is 77.4 Å². The first-order valence-corrected chi connectivity index (χ1v) is 7.19. The molecule has 0 aliphatic rings. The van der Waals surface area contributed by atoms with Crippen LogP contribution < -0.4 is 5.73 Å². The van der Waals surface area contributed by atoms with Crippen LogP contribution >= 0.6 is 12.4 Å². The number of unbranched alkanes of at least 4 members (excludes halogenated alkanes) is 7. The molecule has 0 aromatic carbocycles. The van der Waals surface area contributed by atoms with E-state index < -0.39 is 18.1 Å². The van der Waals surface area contributed by atoms with Crippen molar-refractivity contribution >= 4 is 18.4 Å². The molecule has 0 heterocycles. The first-order chi connectivity index (χ1) is 8.59. The van der Waals surface area contributed by atoms with Gasteiger partial charge in [-0.15, -0.1) is 12.4 Å². The number of hydrogen-bond donors (Lipinski definition) is 2. The Hall–Kier alpha value is -0.320. The minimum Gasteiger partial charge on any atom is -0.464 e. The van der Waals surface area contributed by atoms with Crippen LogP contribution in [0, 0.1) is 0 Å². The van der Waals surface area contributed by atoms with Crippen molar-refractivity contribution in [1.82, 2.24) is 0 Å². The molecule has 19 heavy (non-hydrogen) atoms. The lowest BCUT2D eigenvalue weighted by atomic mass is 10.1. The van der Waals surface area contributed by atoms with Crippen LogP contribution in [0.2, 0.25) is 0 Å². The van der Waals surface area contributed by atoms with Crippen molar-refractivity contribution < 1.29 is 14.6 Å². The van der Waals surface area contributed by atoms with Gasteiger partial charge in [0.25, 0.3) is 0 Å². The van der Waals surface area contributed by atoms with Gasteiger partial charge in [0, 0.05) is 0 Å². The Bertz CT molecular complexity index is 213. The number of aliphatic hydroxyl groups excluding tert-OH is 1. The van der Waals surface area contributed by atoms with Gasteiger partial charge in [0.2, 0.25) is 0 Å². The lowest BCUT2D eigenvalue weighted by Gasteiger charge is -2.13. The molecule has 3 N–H and O–H groups in total. The van der Waals surface area contributed by atoms with Gasteiger partial charge in [0.05, 0.1) is 12.7 Å². The monoisotopic (exact) mass is 295 g/mol. The molecule has 0 unspecified atom stereocenters. The van der Waals surface area contributed by atoms with Crippen LogP contribution in [0.5, 0.6) is 0 Å². The van der Waals surface area contributed by atoms with Crippen LogP contribution in [-0.2, 0) is 9.53 Å². The number of aliphatic hydroxyl groups is 1. The Labute approximate surface area is 123 Å². The summed E-state index contributed by atoms with van der Waals surface area (Å²) >= 11 is 0. The van der Waals surface area contributed by atoms with Crippen molar-refractivity contribution in [2.24, 2.45) is 5.73 Å². The molecule has 0 radical (unpaired) electrons. The maximum atomic E-state index is 11.3. The molecule has 4 nitrogen and oxygen atoms in total. The van der Waals surface area contributed by atoms with Gasteiger partial charge >= 0.3 is 5.97 Å². The van der Waals surface area contributed by atoms with E-state index >= 15 is 0 Å². The summed E-state index contributed by atoms with van der Waals surface area (Å²) in [6.45, 7) is 4.11. The van der Waals surface area contributed by atoms with Crippen LogP contribution in [0.4, 0.5) is 0 Å². The molecule has 0 aromatic heterocycles. The zero-order valence-electron chi connectivity index (χ0n) is 12.3. The Morgan fingerprint density at radius 2 is 1.58 bits per heavy atom. The number of halogens is 1. The molecule has 5 heteroatoms. The zero-order chi connectivity index (χ0) is 13.8. The molecule has 0 saturated heterocycles. The van der Waals surface area contributed by atoms with Gasteiger partial charge in [-0.05, 0) is 13.3 Å². The van der Waals surface area contributed by atoms with Crippen LogP contribution in [0.25, 0.3) is 0 Å². The maximum absolute atomic E-state index is 11.3. The largest absolute Gasteiger partial charge is 0.464 e. The average Bonchev–Trinajstić information content (AvgIpc) is 2.35. The van der Waals surface area contributed by atoms with Gasteiger partial charge in [-0.25, -0.2) is 0 Å². The fraction of sp³-hybridized carbons (Fsp3) is 0.929. The molecule has 0 saturated carbocycles.